The molecule has 3 rings (SSSR count). The Labute approximate surface area is 141 Å². The van der Waals surface area contributed by atoms with Crippen LogP contribution in [0.3, 0.4) is 0 Å². The van der Waals surface area contributed by atoms with Gasteiger partial charge in [-0.3, -0.25) is 4.68 Å². The van der Waals surface area contributed by atoms with Crippen molar-refractivity contribution in [3.8, 4) is 6.07 Å². The number of sulfonamides is 1. The maximum atomic E-state index is 12.7. The average Bonchev–Trinajstić information content (AvgIpc) is 3.01. The number of ether oxygens (including phenoxy) is 1. The summed E-state index contributed by atoms with van der Waals surface area (Å²) in [6.45, 7) is 0.944. The van der Waals surface area contributed by atoms with Crippen LogP contribution in [0.2, 0.25) is 0 Å². The van der Waals surface area contributed by atoms with E-state index in [1.54, 1.807) is 35.1 Å². The lowest BCUT2D eigenvalue weighted by Crippen LogP contribution is -2.42. The van der Waals surface area contributed by atoms with Gasteiger partial charge in [-0.2, -0.15) is 14.7 Å². The normalized spacial score (nSPS) is 19.1. The molecule has 1 saturated heterocycles. The van der Waals surface area contributed by atoms with Gasteiger partial charge in [0.05, 0.1) is 36.3 Å². The van der Waals surface area contributed by atoms with Gasteiger partial charge in [-0.15, -0.1) is 0 Å². The van der Waals surface area contributed by atoms with Crippen molar-refractivity contribution in [1.82, 2.24) is 14.1 Å². The van der Waals surface area contributed by atoms with Crippen LogP contribution in [-0.2, 0) is 27.6 Å². The van der Waals surface area contributed by atoms with E-state index < -0.39 is 10.0 Å². The smallest absolute Gasteiger partial charge is 0.218 e. The second kappa shape index (κ2) is 6.73. The molecule has 0 saturated carbocycles. The molecule has 0 bridgehead atoms. The summed E-state index contributed by atoms with van der Waals surface area (Å²) in [5.74, 6) is -0.123. The van der Waals surface area contributed by atoms with Crippen molar-refractivity contribution in [3.63, 3.8) is 0 Å². The molecule has 0 spiro atoms. The number of rotatable bonds is 4. The molecule has 24 heavy (non-hydrogen) atoms. The maximum absolute atomic E-state index is 12.7. The molecule has 0 aliphatic carbocycles. The predicted octanol–water partition coefficient (Wildman–Crippen LogP) is 1.20. The first kappa shape index (κ1) is 16.6. The lowest BCUT2D eigenvalue weighted by molar-refractivity contribution is -0.00263. The summed E-state index contributed by atoms with van der Waals surface area (Å²) < 4.78 is 34.2. The van der Waals surface area contributed by atoms with Gasteiger partial charge < -0.3 is 4.74 Å². The van der Waals surface area contributed by atoms with E-state index in [1.807, 2.05) is 19.3 Å². The Balaban J connectivity index is 1.75. The third-order valence-electron chi connectivity index (χ3n) is 3.92. The molecule has 8 heteroatoms. The zero-order chi connectivity index (χ0) is 17.2. The van der Waals surface area contributed by atoms with Gasteiger partial charge in [-0.1, -0.05) is 12.1 Å². The van der Waals surface area contributed by atoms with E-state index in [0.717, 1.165) is 5.56 Å². The Morgan fingerprint density at radius 1 is 1.46 bits per heavy atom. The molecule has 1 atom stereocenters. The molecular formula is C16H18N4O3S. The van der Waals surface area contributed by atoms with Crippen molar-refractivity contribution >= 4 is 10.0 Å². The van der Waals surface area contributed by atoms with Crippen LogP contribution in [0.15, 0.2) is 36.7 Å². The molecule has 0 unspecified atom stereocenters. The number of aryl methyl sites for hydroxylation is 1. The van der Waals surface area contributed by atoms with Crippen molar-refractivity contribution in [2.45, 2.75) is 11.9 Å². The van der Waals surface area contributed by atoms with Crippen LogP contribution in [0.4, 0.5) is 0 Å². The van der Waals surface area contributed by atoms with E-state index in [1.165, 1.54) is 4.31 Å². The Morgan fingerprint density at radius 3 is 3.00 bits per heavy atom. The maximum Gasteiger partial charge on any atom is 0.218 e. The second-order valence-electron chi connectivity index (χ2n) is 5.73. The van der Waals surface area contributed by atoms with E-state index in [9.17, 15) is 8.42 Å². The van der Waals surface area contributed by atoms with Crippen molar-refractivity contribution < 1.29 is 13.2 Å². The van der Waals surface area contributed by atoms with Gasteiger partial charge in [0.15, 0.2) is 0 Å². The highest BCUT2D eigenvalue weighted by Gasteiger charge is 2.31. The fourth-order valence-corrected chi connectivity index (χ4v) is 4.22. The molecule has 1 aromatic heterocycles. The quantitative estimate of drug-likeness (QED) is 0.830. The van der Waals surface area contributed by atoms with Crippen LogP contribution >= 0.6 is 0 Å². The SMILES string of the molecule is Cn1cc([C@H]2CN(S(=O)(=O)Cc3cccc(C#N)c3)CCO2)cn1. The highest BCUT2D eigenvalue weighted by atomic mass is 32.2. The van der Waals surface area contributed by atoms with Gasteiger partial charge in [0.2, 0.25) is 10.0 Å². The highest BCUT2D eigenvalue weighted by Crippen LogP contribution is 2.24. The highest BCUT2D eigenvalue weighted by molar-refractivity contribution is 7.88. The van der Waals surface area contributed by atoms with Gasteiger partial charge in [-0.25, -0.2) is 8.42 Å². The molecule has 7 nitrogen and oxygen atoms in total. The Kier molecular flexibility index (Phi) is 4.66. The van der Waals surface area contributed by atoms with Crippen molar-refractivity contribution in [2.75, 3.05) is 19.7 Å². The van der Waals surface area contributed by atoms with Crippen LogP contribution in [-0.4, -0.2) is 42.2 Å². The minimum absolute atomic E-state index is 0.123. The molecule has 0 N–H and O–H groups in total. The largest absolute Gasteiger partial charge is 0.371 e. The van der Waals surface area contributed by atoms with Gasteiger partial charge in [-0.05, 0) is 17.7 Å². The number of hydrogen-bond acceptors (Lipinski definition) is 5. The standard InChI is InChI=1S/C16H18N4O3S/c1-19-10-15(9-18-19)16-11-20(5-6-23-16)24(21,22)12-14-4-2-3-13(7-14)8-17/h2-4,7,9-10,16H,5-6,11-12H2,1H3/t16-/m1/s1. The third kappa shape index (κ3) is 3.64. The van der Waals surface area contributed by atoms with Crippen LogP contribution in [0, 0.1) is 11.3 Å². The Hall–Kier alpha value is -2.21. The van der Waals surface area contributed by atoms with Crippen LogP contribution in [0.25, 0.3) is 0 Å². The molecule has 126 valence electrons. The zero-order valence-corrected chi connectivity index (χ0v) is 14.1. The molecular weight excluding hydrogens is 328 g/mol. The first-order valence-corrected chi connectivity index (χ1v) is 9.16. The summed E-state index contributed by atoms with van der Waals surface area (Å²) >= 11 is 0. The lowest BCUT2D eigenvalue weighted by atomic mass is 10.2. The van der Waals surface area contributed by atoms with Crippen LogP contribution < -0.4 is 0 Å². The van der Waals surface area contributed by atoms with Gasteiger partial charge in [0, 0.05) is 31.9 Å². The zero-order valence-electron chi connectivity index (χ0n) is 13.3. The summed E-state index contributed by atoms with van der Waals surface area (Å²) in [7, 11) is -1.67. The fraction of sp³-hybridized carbons (Fsp3) is 0.375. The summed E-state index contributed by atoms with van der Waals surface area (Å²) in [4.78, 5) is 0. The monoisotopic (exact) mass is 346 g/mol. The minimum atomic E-state index is -3.48. The number of benzene rings is 1. The van der Waals surface area contributed by atoms with Crippen molar-refractivity contribution in [1.29, 1.82) is 5.26 Å². The van der Waals surface area contributed by atoms with Crippen LogP contribution in [0.5, 0.6) is 0 Å². The Bertz CT molecular complexity index is 869. The molecule has 1 aromatic carbocycles. The van der Waals surface area contributed by atoms with Crippen molar-refractivity contribution in [3.05, 3.63) is 53.3 Å². The lowest BCUT2D eigenvalue weighted by Gasteiger charge is -2.31. The summed E-state index contributed by atoms with van der Waals surface area (Å²) in [5, 5.41) is 13.0. The van der Waals surface area contributed by atoms with Crippen LogP contribution in [0.1, 0.15) is 22.8 Å². The molecule has 1 fully saturated rings. The number of morpholine rings is 1. The summed E-state index contributed by atoms with van der Waals surface area (Å²) in [5.41, 5.74) is 1.93. The molecule has 2 aromatic rings. The predicted molar refractivity (Wildman–Crippen MR) is 87.3 cm³/mol. The number of aromatic nitrogens is 2. The minimum Gasteiger partial charge on any atom is -0.371 e. The van der Waals surface area contributed by atoms with Crippen molar-refractivity contribution in [2.24, 2.45) is 7.05 Å². The molecule has 0 radical (unpaired) electrons. The van der Waals surface area contributed by atoms with E-state index in [4.69, 9.17) is 10.00 Å². The van der Waals surface area contributed by atoms with E-state index in [-0.39, 0.29) is 18.4 Å². The number of nitriles is 1. The molecule has 2 heterocycles. The van der Waals surface area contributed by atoms with E-state index in [0.29, 0.717) is 24.3 Å². The number of nitrogens with zero attached hydrogens (tertiary/aromatic N) is 4. The molecule has 1 aliphatic heterocycles. The third-order valence-corrected chi connectivity index (χ3v) is 5.74. The van der Waals surface area contributed by atoms with E-state index in [2.05, 4.69) is 5.10 Å². The number of hydrogen-bond donors (Lipinski definition) is 0. The topological polar surface area (TPSA) is 88.2 Å². The molecule has 0 amide bonds. The Morgan fingerprint density at radius 2 is 2.29 bits per heavy atom. The molecule has 1 aliphatic rings. The average molecular weight is 346 g/mol. The second-order valence-corrected chi connectivity index (χ2v) is 7.70. The summed E-state index contributed by atoms with van der Waals surface area (Å²) in [6.07, 6.45) is 3.21. The fourth-order valence-electron chi connectivity index (χ4n) is 2.72. The van der Waals surface area contributed by atoms with Gasteiger partial charge in [0.1, 0.15) is 0 Å². The first-order valence-electron chi connectivity index (χ1n) is 7.55. The van der Waals surface area contributed by atoms with Gasteiger partial charge in [0.25, 0.3) is 0 Å². The first-order chi connectivity index (χ1) is 11.5. The van der Waals surface area contributed by atoms with Gasteiger partial charge >= 0.3 is 0 Å². The summed E-state index contributed by atoms with van der Waals surface area (Å²) in [6, 6.07) is 8.70. The van der Waals surface area contributed by atoms with E-state index >= 15 is 0 Å².